The Morgan fingerprint density at radius 2 is 1.73 bits per heavy atom. The van der Waals surface area contributed by atoms with Crippen molar-refractivity contribution in [3.8, 4) is 11.3 Å². The summed E-state index contributed by atoms with van der Waals surface area (Å²) in [5.74, 6) is 0.0161. The molecule has 116 valence electrons. The molecule has 0 N–H and O–H groups in total. The molecule has 1 amide bonds. The average molecular weight is 317 g/mol. The highest BCUT2D eigenvalue weighted by Crippen LogP contribution is 2.26. The van der Waals surface area contributed by atoms with E-state index in [1.54, 1.807) is 18.3 Å². The third-order valence-corrected chi connectivity index (χ3v) is 3.74. The Morgan fingerprint density at radius 3 is 2.32 bits per heavy atom. The van der Waals surface area contributed by atoms with Crippen molar-refractivity contribution >= 4 is 17.5 Å². The second-order valence-corrected chi connectivity index (χ2v) is 6.24. The third kappa shape index (κ3) is 3.47. The zero-order chi connectivity index (χ0) is 16.3. The highest BCUT2D eigenvalue weighted by Gasteiger charge is 2.24. The smallest absolute Gasteiger partial charge is 0.255 e. The Hall–Kier alpha value is -1.87. The van der Waals surface area contributed by atoms with Crippen molar-refractivity contribution in [1.82, 2.24) is 9.88 Å². The first-order valence-corrected chi connectivity index (χ1v) is 7.83. The number of carbonyl (C=O) groups is 1. The number of halogens is 1. The van der Waals surface area contributed by atoms with Crippen LogP contribution in [0.5, 0.6) is 0 Å². The summed E-state index contributed by atoms with van der Waals surface area (Å²) < 4.78 is 0. The highest BCUT2D eigenvalue weighted by atomic mass is 35.5. The van der Waals surface area contributed by atoms with Crippen LogP contribution in [0.25, 0.3) is 11.3 Å². The van der Waals surface area contributed by atoms with Crippen LogP contribution in [-0.4, -0.2) is 27.9 Å². The molecule has 0 bridgehead atoms. The fourth-order valence-electron chi connectivity index (χ4n) is 2.65. The molecule has 0 saturated heterocycles. The lowest BCUT2D eigenvalue weighted by atomic mass is 10.0. The van der Waals surface area contributed by atoms with Crippen molar-refractivity contribution < 1.29 is 4.79 Å². The molecule has 2 rings (SSSR count). The minimum Gasteiger partial charge on any atom is -0.334 e. The maximum absolute atomic E-state index is 13.0. The number of nitrogens with zero attached hydrogens (tertiary/aromatic N) is 2. The van der Waals surface area contributed by atoms with Gasteiger partial charge in [-0.25, -0.2) is 0 Å². The summed E-state index contributed by atoms with van der Waals surface area (Å²) in [6, 6.07) is 11.3. The van der Waals surface area contributed by atoms with Crippen LogP contribution in [0.3, 0.4) is 0 Å². The van der Waals surface area contributed by atoms with Crippen LogP contribution in [0.1, 0.15) is 38.1 Å². The number of amides is 1. The zero-order valence-corrected chi connectivity index (χ0v) is 14.1. The van der Waals surface area contributed by atoms with Crippen LogP contribution < -0.4 is 0 Å². The van der Waals surface area contributed by atoms with E-state index in [0.29, 0.717) is 16.3 Å². The number of benzene rings is 1. The summed E-state index contributed by atoms with van der Waals surface area (Å²) in [5.41, 5.74) is 2.17. The Balaban J connectivity index is 2.51. The van der Waals surface area contributed by atoms with Crippen LogP contribution >= 0.6 is 11.6 Å². The average Bonchev–Trinajstić information content (AvgIpc) is 2.46. The van der Waals surface area contributed by atoms with Gasteiger partial charge >= 0.3 is 0 Å². The topological polar surface area (TPSA) is 33.2 Å². The van der Waals surface area contributed by atoms with E-state index in [2.05, 4.69) is 4.98 Å². The molecule has 0 aliphatic rings. The maximum Gasteiger partial charge on any atom is 0.255 e. The molecule has 0 aliphatic carbocycles. The van der Waals surface area contributed by atoms with E-state index in [9.17, 15) is 4.79 Å². The number of hydrogen-bond acceptors (Lipinski definition) is 2. The van der Waals surface area contributed by atoms with E-state index >= 15 is 0 Å². The van der Waals surface area contributed by atoms with Crippen LogP contribution in [-0.2, 0) is 0 Å². The highest BCUT2D eigenvalue weighted by molar-refractivity contribution is 6.30. The van der Waals surface area contributed by atoms with Gasteiger partial charge in [0.05, 0.1) is 5.69 Å². The van der Waals surface area contributed by atoms with E-state index in [0.717, 1.165) is 5.56 Å². The molecule has 3 nitrogen and oxygen atoms in total. The SMILES string of the molecule is CC(C)N(C(=O)c1ccccc1-c1cc(Cl)ccn1)C(C)C. The van der Waals surface area contributed by atoms with E-state index in [1.807, 2.05) is 56.9 Å². The maximum atomic E-state index is 13.0. The number of rotatable bonds is 4. The summed E-state index contributed by atoms with van der Waals surface area (Å²) in [6.45, 7) is 8.10. The van der Waals surface area contributed by atoms with Gasteiger partial charge in [-0.05, 0) is 45.9 Å². The summed E-state index contributed by atoms with van der Waals surface area (Å²) in [5, 5.41) is 0.608. The van der Waals surface area contributed by atoms with Crippen molar-refractivity contribution in [3.05, 3.63) is 53.2 Å². The van der Waals surface area contributed by atoms with Crippen molar-refractivity contribution in [1.29, 1.82) is 0 Å². The lowest BCUT2D eigenvalue weighted by Crippen LogP contribution is -2.42. The summed E-state index contributed by atoms with van der Waals surface area (Å²) in [7, 11) is 0. The summed E-state index contributed by atoms with van der Waals surface area (Å²) in [6.07, 6.45) is 1.65. The minimum absolute atomic E-state index is 0.0161. The Morgan fingerprint density at radius 1 is 1.09 bits per heavy atom. The predicted octanol–water partition coefficient (Wildman–Crippen LogP) is 4.66. The Labute approximate surface area is 136 Å². The van der Waals surface area contributed by atoms with Gasteiger partial charge in [0.1, 0.15) is 0 Å². The molecular weight excluding hydrogens is 296 g/mol. The molecule has 1 aromatic carbocycles. The quantitative estimate of drug-likeness (QED) is 0.821. The molecular formula is C18H21ClN2O. The molecule has 0 unspecified atom stereocenters. The summed E-state index contributed by atoms with van der Waals surface area (Å²) >= 11 is 6.05. The second-order valence-electron chi connectivity index (χ2n) is 5.80. The normalized spacial score (nSPS) is 11.0. The van der Waals surface area contributed by atoms with E-state index < -0.39 is 0 Å². The largest absolute Gasteiger partial charge is 0.334 e. The van der Waals surface area contributed by atoms with Crippen molar-refractivity contribution in [3.63, 3.8) is 0 Å². The first-order chi connectivity index (χ1) is 10.4. The summed E-state index contributed by atoms with van der Waals surface area (Å²) in [4.78, 5) is 19.2. The van der Waals surface area contributed by atoms with Crippen molar-refractivity contribution in [2.24, 2.45) is 0 Å². The van der Waals surface area contributed by atoms with Gasteiger partial charge in [0.25, 0.3) is 5.91 Å². The van der Waals surface area contributed by atoms with Gasteiger partial charge in [-0.1, -0.05) is 29.8 Å². The van der Waals surface area contributed by atoms with Gasteiger partial charge in [0.15, 0.2) is 0 Å². The van der Waals surface area contributed by atoms with Crippen LogP contribution in [0, 0.1) is 0 Å². The molecule has 1 heterocycles. The number of carbonyl (C=O) groups excluding carboxylic acids is 1. The van der Waals surface area contributed by atoms with Crippen LogP contribution in [0.2, 0.25) is 5.02 Å². The molecule has 4 heteroatoms. The Bertz CT molecular complexity index is 660. The minimum atomic E-state index is 0.0161. The number of pyridine rings is 1. The Kier molecular flexibility index (Phi) is 5.19. The lowest BCUT2D eigenvalue weighted by Gasteiger charge is -2.31. The molecule has 1 aromatic heterocycles. The molecule has 0 fully saturated rings. The van der Waals surface area contributed by atoms with Gasteiger partial charge in [-0.3, -0.25) is 9.78 Å². The van der Waals surface area contributed by atoms with Gasteiger partial charge in [0.2, 0.25) is 0 Å². The zero-order valence-electron chi connectivity index (χ0n) is 13.4. The van der Waals surface area contributed by atoms with Gasteiger partial charge in [-0.2, -0.15) is 0 Å². The van der Waals surface area contributed by atoms with Crippen LogP contribution in [0.4, 0.5) is 0 Å². The van der Waals surface area contributed by atoms with Gasteiger partial charge < -0.3 is 4.90 Å². The first-order valence-electron chi connectivity index (χ1n) is 7.45. The van der Waals surface area contributed by atoms with Gasteiger partial charge in [0, 0.05) is 34.4 Å². The molecule has 0 radical (unpaired) electrons. The van der Waals surface area contributed by atoms with Crippen LogP contribution in [0.15, 0.2) is 42.6 Å². The standard InChI is InChI=1S/C18H21ClN2O/c1-12(2)21(13(3)4)18(22)16-8-6-5-7-15(16)17-11-14(19)9-10-20-17/h5-13H,1-4H3. The second kappa shape index (κ2) is 6.93. The number of hydrogen-bond donors (Lipinski definition) is 0. The molecule has 22 heavy (non-hydrogen) atoms. The fraction of sp³-hybridized carbons (Fsp3) is 0.333. The predicted molar refractivity (Wildman–Crippen MR) is 91.1 cm³/mol. The lowest BCUT2D eigenvalue weighted by molar-refractivity contribution is 0.0644. The van der Waals surface area contributed by atoms with Crippen molar-refractivity contribution in [2.45, 2.75) is 39.8 Å². The van der Waals surface area contributed by atoms with Crippen molar-refractivity contribution in [2.75, 3.05) is 0 Å². The van der Waals surface area contributed by atoms with Gasteiger partial charge in [-0.15, -0.1) is 0 Å². The molecule has 0 atom stereocenters. The molecule has 2 aromatic rings. The van der Waals surface area contributed by atoms with E-state index in [1.165, 1.54) is 0 Å². The molecule has 0 spiro atoms. The van der Waals surface area contributed by atoms with E-state index in [-0.39, 0.29) is 18.0 Å². The fourth-order valence-corrected chi connectivity index (χ4v) is 2.81. The first kappa shape index (κ1) is 16.5. The number of aromatic nitrogens is 1. The third-order valence-electron chi connectivity index (χ3n) is 3.50. The molecule has 0 aliphatic heterocycles. The van der Waals surface area contributed by atoms with E-state index in [4.69, 9.17) is 11.6 Å². The monoisotopic (exact) mass is 316 g/mol. The molecule has 0 saturated carbocycles.